The number of hydrogen-bond acceptors (Lipinski definition) is 5. The van der Waals surface area contributed by atoms with Crippen LogP contribution in [0.5, 0.6) is 0 Å². The van der Waals surface area contributed by atoms with Crippen molar-refractivity contribution in [1.82, 2.24) is 19.7 Å². The van der Waals surface area contributed by atoms with E-state index in [9.17, 15) is 4.79 Å². The largest absolute Gasteiger partial charge is 0.456 e. The van der Waals surface area contributed by atoms with E-state index in [-0.39, 0.29) is 12.0 Å². The summed E-state index contributed by atoms with van der Waals surface area (Å²) in [6.45, 7) is 8.26. The first-order valence-corrected chi connectivity index (χ1v) is 8.01. The minimum atomic E-state index is -0.253. The summed E-state index contributed by atoms with van der Waals surface area (Å²) in [6, 6.07) is 1.82. The second-order valence-corrected chi connectivity index (χ2v) is 5.66. The van der Waals surface area contributed by atoms with Gasteiger partial charge in [-0.3, -0.25) is 4.79 Å². The van der Waals surface area contributed by atoms with Gasteiger partial charge in [0.2, 0.25) is 0 Å². The van der Waals surface area contributed by atoms with E-state index in [1.807, 2.05) is 31.4 Å². The molecule has 1 aliphatic rings. The molecule has 7 nitrogen and oxygen atoms in total. The van der Waals surface area contributed by atoms with Gasteiger partial charge >= 0.3 is 0 Å². The molecule has 1 atom stereocenters. The first-order chi connectivity index (χ1) is 11.1. The summed E-state index contributed by atoms with van der Waals surface area (Å²) < 4.78 is 13.4. The molecule has 0 aliphatic carbocycles. The van der Waals surface area contributed by atoms with Crippen LogP contribution in [0.1, 0.15) is 47.7 Å². The van der Waals surface area contributed by atoms with Gasteiger partial charge in [-0.15, -0.1) is 10.2 Å². The summed E-state index contributed by atoms with van der Waals surface area (Å²) in [5.41, 5.74) is 1.02. The number of ether oxygens (including phenoxy) is 1. The number of amides is 1. The first-order valence-electron chi connectivity index (χ1n) is 8.01. The van der Waals surface area contributed by atoms with E-state index in [0.717, 1.165) is 30.1 Å². The predicted molar refractivity (Wildman–Crippen MR) is 83.1 cm³/mol. The van der Waals surface area contributed by atoms with E-state index < -0.39 is 0 Å². The smallest absolute Gasteiger partial charge is 0.289 e. The Morgan fingerprint density at radius 3 is 2.96 bits per heavy atom. The number of hydrogen-bond donors (Lipinski definition) is 0. The van der Waals surface area contributed by atoms with Crippen LogP contribution in [0.15, 0.2) is 16.8 Å². The molecule has 0 spiro atoms. The van der Waals surface area contributed by atoms with Gasteiger partial charge < -0.3 is 18.6 Å². The zero-order chi connectivity index (χ0) is 16.4. The highest BCUT2D eigenvalue weighted by Crippen LogP contribution is 2.23. The maximum Gasteiger partial charge on any atom is 0.289 e. The fraction of sp³-hybridized carbons (Fsp3) is 0.562. The average molecular weight is 318 g/mol. The molecule has 1 amide bonds. The third-order valence-corrected chi connectivity index (χ3v) is 4.18. The van der Waals surface area contributed by atoms with E-state index >= 15 is 0 Å². The number of furan rings is 1. The van der Waals surface area contributed by atoms with Crippen molar-refractivity contribution >= 4 is 5.91 Å². The summed E-state index contributed by atoms with van der Waals surface area (Å²) in [7, 11) is 0. The van der Waals surface area contributed by atoms with Crippen molar-refractivity contribution in [2.24, 2.45) is 0 Å². The Hall–Kier alpha value is -2.15. The Bertz CT molecular complexity index is 691. The van der Waals surface area contributed by atoms with Crippen LogP contribution in [0.4, 0.5) is 0 Å². The average Bonchev–Trinajstić information content (AvgIpc) is 3.20. The second-order valence-electron chi connectivity index (χ2n) is 5.66. The molecule has 3 heterocycles. The number of nitrogens with zero attached hydrogens (tertiary/aromatic N) is 4. The van der Waals surface area contributed by atoms with Gasteiger partial charge in [0.1, 0.15) is 18.2 Å². The predicted octanol–water partition coefficient (Wildman–Crippen LogP) is 1.98. The fourth-order valence-corrected chi connectivity index (χ4v) is 2.88. The molecule has 23 heavy (non-hydrogen) atoms. The summed E-state index contributed by atoms with van der Waals surface area (Å²) >= 11 is 0. The molecule has 0 aromatic carbocycles. The molecule has 3 rings (SSSR count). The third kappa shape index (κ3) is 3.01. The van der Waals surface area contributed by atoms with E-state index in [0.29, 0.717) is 25.5 Å². The highest BCUT2D eigenvalue weighted by atomic mass is 16.5. The molecule has 0 N–H and O–H groups in total. The van der Waals surface area contributed by atoms with Gasteiger partial charge in [0, 0.05) is 19.5 Å². The second kappa shape index (κ2) is 6.54. The van der Waals surface area contributed by atoms with Crippen LogP contribution in [0.25, 0.3) is 0 Å². The van der Waals surface area contributed by atoms with Crippen LogP contribution in [-0.4, -0.2) is 45.3 Å². The Balaban J connectivity index is 1.76. The number of aryl methyl sites for hydroxylation is 3. The number of aromatic nitrogens is 3. The zero-order valence-corrected chi connectivity index (χ0v) is 13.8. The summed E-state index contributed by atoms with van der Waals surface area (Å²) in [6.07, 6.45) is 2.21. The number of morpholine rings is 1. The minimum Gasteiger partial charge on any atom is -0.456 e. The molecule has 0 unspecified atom stereocenters. The summed E-state index contributed by atoms with van der Waals surface area (Å²) in [5.74, 6) is 1.93. The van der Waals surface area contributed by atoms with Crippen LogP contribution in [0.3, 0.4) is 0 Å². The highest BCUT2D eigenvalue weighted by Gasteiger charge is 2.30. The van der Waals surface area contributed by atoms with E-state index in [2.05, 4.69) is 10.2 Å². The molecule has 1 saturated heterocycles. The van der Waals surface area contributed by atoms with Gasteiger partial charge in [-0.2, -0.15) is 0 Å². The van der Waals surface area contributed by atoms with Crippen LogP contribution >= 0.6 is 0 Å². The molecule has 7 heteroatoms. The number of carbonyl (C=O) groups excluding carboxylic acids is 1. The maximum atomic E-state index is 12.7. The molecule has 2 aromatic rings. The lowest BCUT2D eigenvalue weighted by Crippen LogP contribution is -2.42. The highest BCUT2D eigenvalue weighted by molar-refractivity contribution is 5.91. The van der Waals surface area contributed by atoms with Crippen molar-refractivity contribution in [3.63, 3.8) is 0 Å². The van der Waals surface area contributed by atoms with Gasteiger partial charge in [0.05, 0.1) is 13.2 Å². The fourth-order valence-electron chi connectivity index (χ4n) is 2.88. The van der Waals surface area contributed by atoms with E-state index in [1.165, 1.54) is 0 Å². The lowest BCUT2D eigenvalue weighted by atomic mass is 10.2. The zero-order valence-electron chi connectivity index (χ0n) is 13.8. The molecule has 0 radical (unpaired) electrons. The normalized spacial score (nSPS) is 18.4. The minimum absolute atomic E-state index is 0.0938. The van der Waals surface area contributed by atoms with E-state index in [1.54, 1.807) is 11.2 Å². The van der Waals surface area contributed by atoms with Gasteiger partial charge in [-0.25, -0.2) is 0 Å². The van der Waals surface area contributed by atoms with Crippen LogP contribution in [0, 0.1) is 6.92 Å². The molecule has 0 bridgehead atoms. The standard InChI is InChI=1S/C16H22N4O3/c1-4-12-11(3)8-13(23-12)16(21)20-6-7-22-14(9-20)15-18-17-10-19(15)5-2/h8,10,14H,4-7,9H2,1-3H3/t14-/m0/s1. The topological polar surface area (TPSA) is 73.4 Å². The Morgan fingerprint density at radius 2 is 2.26 bits per heavy atom. The Kier molecular flexibility index (Phi) is 4.47. The van der Waals surface area contributed by atoms with E-state index in [4.69, 9.17) is 9.15 Å². The van der Waals surface area contributed by atoms with Crippen LogP contribution < -0.4 is 0 Å². The Labute approximate surface area is 135 Å². The molecular weight excluding hydrogens is 296 g/mol. The van der Waals surface area contributed by atoms with Crippen molar-refractivity contribution in [1.29, 1.82) is 0 Å². The SMILES string of the molecule is CCc1oc(C(=O)N2CCO[C@H](c3nncn3CC)C2)cc1C. The van der Waals surface area contributed by atoms with Crippen molar-refractivity contribution in [3.05, 3.63) is 35.3 Å². The number of carbonyl (C=O) groups is 1. The van der Waals surface area contributed by atoms with Crippen molar-refractivity contribution < 1.29 is 13.9 Å². The summed E-state index contributed by atoms with van der Waals surface area (Å²) in [5, 5.41) is 8.07. The summed E-state index contributed by atoms with van der Waals surface area (Å²) in [4.78, 5) is 14.4. The van der Waals surface area contributed by atoms with Gasteiger partial charge in [0.15, 0.2) is 11.6 Å². The van der Waals surface area contributed by atoms with Gasteiger partial charge in [0.25, 0.3) is 5.91 Å². The van der Waals surface area contributed by atoms with Crippen molar-refractivity contribution in [2.75, 3.05) is 19.7 Å². The van der Waals surface area contributed by atoms with Gasteiger partial charge in [-0.1, -0.05) is 6.92 Å². The molecule has 1 fully saturated rings. The quantitative estimate of drug-likeness (QED) is 0.862. The first kappa shape index (κ1) is 15.7. The molecule has 124 valence electrons. The molecule has 2 aromatic heterocycles. The molecule has 0 saturated carbocycles. The lowest BCUT2D eigenvalue weighted by molar-refractivity contribution is -0.0293. The molecular formula is C16H22N4O3. The van der Waals surface area contributed by atoms with Crippen molar-refractivity contribution in [2.45, 2.75) is 39.8 Å². The van der Waals surface area contributed by atoms with Gasteiger partial charge in [-0.05, 0) is 25.5 Å². The third-order valence-electron chi connectivity index (χ3n) is 4.18. The maximum absolute atomic E-state index is 12.7. The lowest BCUT2D eigenvalue weighted by Gasteiger charge is -2.31. The van der Waals surface area contributed by atoms with Crippen LogP contribution in [-0.2, 0) is 17.7 Å². The number of rotatable bonds is 4. The Morgan fingerprint density at radius 1 is 1.43 bits per heavy atom. The van der Waals surface area contributed by atoms with Crippen LogP contribution in [0.2, 0.25) is 0 Å². The van der Waals surface area contributed by atoms with Crippen molar-refractivity contribution in [3.8, 4) is 0 Å². The molecule has 1 aliphatic heterocycles. The monoisotopic (exact) mass is 318 g/mol.